The fourth-order valence-electron chi connectivity index (χ4n) is 7.02. The fourth-order valence-corrected chi connectivity index (χ4v) is 8.24. The Balaban J connectivity index is 1.45. The fraction of sp³-hybridized carbons (Fsp3) is 0.579. The highest BCUT2D eigenvalue weighted by Crippen LogP contribution is 2.41. The van der Waals surface area contributed by atoms with Crippen LogP contribution in [0.15, 0.2) is 60.7 Å². The summed E-state index contributed by atoms with van der Waals surface area (Å²) in [6.07, 6.45) is 3.04. The summed E-state index contributed by atoms with van der Waals surface area (Å²) < 4.78 is 28.1. The summed E-state index contributed by atoms with van der Waals surface area (Å²) in [7, 11) is -0.551. The number of hydrogen-bond acceptors (Lipinski definition) is 8. The lowest BCUT2D eigenvalue weighted by Gasteiger charge is -2.49. The number of amides is 4. The number of unbranched alkanes of at least 4 members (excludes halogenated alkanes) is 1. The quantitative estimate of drug-likeness (QED) is 0.130. The average Bonchev–Trinajstić information content (AvgIpc) is 3.57. The zero-order chi connectivity index (χ0) is 38.8. The van der Waals surface area contributed by atoms with E-state index in [1.807, 2.05) is 74.5 Å². The number of nitrogens with zero attached hydrogens (tertiary/aromatic N) is 3. The highest BCUT2D eigenvalue weighted by molar-refractivity contribution is 7.86. The maximum absolute atomic E-state index is 14.0. The highest BCUT2D eigenvalue weighted by Gasteiger charge is 2.52. The third-order valence-corrected chi connectivity index (χ3v) is 11.9. The molecule has 4 amide bonds. The number of hydrogen-bond donors (Lipinski definition) is 5. The Morgan fingerprint density at radius 3 is 1.91 bits per heavy atom. The Labute approximate surface area is 314 Å². The molecule has 2 fully saturated rings. The largest absolute Gasteiger partial charge is 0.343 e. The molecular weight excluding hydrogens is 697 g/mol. The molecule has 2 saturated heterocycles. The van der Waals surface area contributed by atoms with Gasteiger partial charge in [0.15, 0.2) is 0 Å². The first-order valence-corrected chi connectivity index (χ1v) is 19.9. The van der Waals surface area contributed by atoms with Gasteiger partial charge in [0.1, 0.15) is 18.1 Å². The number of benzene rings is 2. The van der Waals surface area contributed by atoms with Crippen molar-refractivity contribution in [1.82, 2.24) is 29.5 Å². The van der Waals surface area contributed by atoms with E-state index in [-0.39, 0.29) is 30.1 Å². The summed E-state index contributed by atoms with van der Waals surface area (Å²) in [6, 6.07) is 14.9. The van der Waals surface area contributed by atoms with Crippen LogP contribution in [0.3, 0.4) is 0 Å². The molecule has 4 rings (SSSR count). The molecule has 14 nitrogen and oxygen atoms in total. The zero-order valence-electron chi connectivity index (χ0n) is 31.5. The van der Waals surface area contributed by atoms with Gasteiger partial charge in [0.05, 0.1) is 6.04 Å². The second kappa shape index (κ2) is 18.9. The Hall–Kier alpha value is -3.89. The first-order valence-electron chi connectivity index (χ1n) is 18.5. The van der Waals surface area contributed by atoms with Crippen molar-refractivity contribution in [1.29, 1.82) is 0 Å². The lowest BCUT2D eigenvalue weighted by molar-refractivity contribution is -0.147. The predicted octanol–water partition coefficient (Wildman–Crippen LogP) is 0.769. The maximum atomic E-state index is 14.0. The summed E-state index contributed by atoms with van der Waals surface area (Å²) in [6.45, 7) is 5.82. The molecule has 7 N–H and O–H groups in total. The second-order valence-corrected chi connectivity index (χ2v) is 17.3. The normalized spacial score (nSPS) is 17.9. The van der Waals surface area contributed by atoms with E-state index in [2.05, 4.69) is 16.0 Å². The summed E-state index contributed by atoms with van der Waals surface area (Å²) in [5.41, 5.74) is 13.4. The summed E-state index contributed by atoms with van der Waals surface area (Å²) in [4.78, 5) is 56.8. The molecule has 15 heteroatoms. The Morgan fingerprint density at radius 2 is 1.34 bits per heavy atom. The number of carbonyl (C=O) groups excluding carboxylic acids is 4. The lowest BCUT2D eigenvalue weighted by Crippen LogP contribution is -2.64. The minimum absolute atomic E-state index is 0.0119. The number of rotatable bonds is 19. The SMILES string of the molecule is CC(C)CC(NC(=O)C(Cc1ccccc1)NC(=O)C(N)Cc1ccccc1)C(=O)NC(CCCCN)C(=O)N1CC2(CCN(S(=O)(=O)N(C)C)C2)C1. The summed E-state index contributed by atoms with van der Waals surface area (Å²) in [5, 5.41) is 8.64. The van der Waals surface area contributed by atoms with E-state index >= 15 is 0 Å². The molecule has 53 heavy (non-hydrogen) atoms. The number of likely N-dealkylation sites (tertiary alicyclic amines) is 1. The van der Waals surface area contributed by atoms with E-state index in [0.29, 0.717) is 64.8 Å². The number of carbonyl (C=O) groups is 4. The Kier molecular flexibility index (Phi) is 14.9. The van der Waals surface area contributed by atoms with Crippen LogP contribution in [0.1, 0.15) is 57.1 Å². The van der Waals surface area contributed by atoms with Gasteiger partial charge in [-0.05, 0) is 62.1 Å². The zero-order valence-corrected chi connectivity index (χ0v) is 32.3. The minimum atomic E-state index is -3.56. The van der Waals surface area contributed by atoms with Gasteiger partial charge in [0.2, 0.25) is 23.6 Å². The van der Waals surface area contributed by atoms with Crippen LogP contribution < -0.4 is 27.4 Å². The Bertz CT molecular complexity index is 1640. The first-order chi connectivity index (χ1) is 25.1. The van der Waals surface area contributed by atoms with Gasteiger partial charge in [-0.2, -0.15) is 17.0 Å². The molecule has 1 spiro atoms. The molecule has 2 aliphatic rings. The monoisotopic (exact) mass is 754 g/mol. The molecule has 0 aromatic heterocycles. The van der Waals surface area contributed by atoms with E-state index in [1.54, 1.807) is 4.90 Å². The van der Waals surface area contributed by atoms with Crippen molar-refractivity contribution in [3.8, 4) is 0 Å². The van der Waals surface area contributed by atoms with Gasteiger partial charge in [0, 0.05) is 52.1 Å². The standard InChI is InChI=1S/C38H58N8O6S/c1-27(2)21-32(43-36(49)33(23-29-15-9-6-10-16-29)42-34(47)30(40)22-28-13-7-5-8-14-28)35(48)41-31(17-11-12-19-39)37(50)45-24-38(25-45)18-20-46(26-38)53(51,52)44(3)4/h5-10,13-16,27,30-33H,11-12,17-26,39-40H2,1-4H3,(H,41,48)(H,42,47)(H,43,49). The first kappa shape index (κ1) is 41.9. The van der Waals surface area contributed by atoms with Crippen LogP contribution in [0.25, 0.3) is 0 Å². The van der Waals surface area contributed by atoms with E-state index in [4.69, 9.17) is 11.5 Å². The topological polar surface area (TPSA) is 200 Å². The molecule has 4 atom stereocenters. The molecule has 4 unspecified atom stereocenters. The van der Waals surface area contributed by atoms with E-state index in [1.165, 1.54) is 22.7 Å². The van der Waals surface area contributed by atoms with Crippen LogP contribution in [0, 0.1) is 11.3 Å². The summed E-state index contributed by atoms with van der Waals surface area (Å²) in [5.74, 6) is -1.76. The maximum Gasteiger partial charge on any atom is 0.281 e. The van der Waals surface area contributed by atoms with Gasteiger partial charge in [0.25, 0.3) is 10.2 Å². The van der Waals surface area contributed by atoms with Crippen molar-refractivity contribution in [3.05, 3.63) is 71.8 Å². The van der Waals surface area contributed by atoms with Crippen molar-refractivity contribution < 1.29 is 27.6 Å². The number of nitrogens with one attached hydrogen (secondary N) is 3. The van der Waals surface area contributed by atoms with Gasteiger partial charge in [-0.15, -0.1) is 0 Å². The van der Waals surface area contributed by atoms with Crippen LogP contribution in [-0.4, -0.2) is 117 Å². The molecule has 0 radical (unpaired) electrons. The lowest BCUT2D eigenvalue weighted by atomic mass is 9.78. The molecule has 2 aliphatic heterocycles. The van der Waals surface area contributed by atoms with Crippen LogP contribution in [0.2, 0.25) is 0 Å². The molecule has 2 aromatic carbocycles. The van der Waals surface area contributed by atoms with E-state index < -0.39 is 52.1 Å². The van der Waals surface area contributed by atoms with Crippen LogP contribution in [-0.2, 0) is 42.2 Å². The summed E-state index contributed by atoms with van der Waals surface area (Å²) >= 11 is 0. The smallest absolute Gasteiger partial charge is 0.281 e. The van der Waals surface area contributed by atoms with E-state index in [9.17, 15) is 27.6 Å². The van der Waals surface area contributed by atoms with Gasteiger partial charge in [-0.1, -0.05) is 74.5 Å². The van der Waals surface area contributed by atoms with Crippen LogP contribution in [0.4, 0.5) is 0 Å². The van der Waals surface area contributed by atoms with Crippen molar-refractivity contribution in [2.75, 3.05) is 46.8 Å². The van der Waals surface area contributed by atoms with Crippen LogP contribution in [0.5, 0.6) is 0 Å². The minimum Gasteiger partial charge on any atom is -0.343 e. The molecule has 2 aromatic rings. The predicted molar refractivity (Wildman–Crippen MR) is 204 cm³/mol. The third kappa shape index (κ3) is 11.5. The van der Waals surface area contributed by atoms with Crippen LogP contribution >= 0.6 is 0 Å². The van der Waals surface area contributed by atoms with Gasteiger partial charge in [-0.25, -0.2) is 0 Å². The molecule has 0 saturated carbocycles. The average molecular weight is 755 g/mol. The van der Waals surface area contributed by atoms with Crippen molar-refractivity contribution in [2.24, 2.45) is 22.8 Å². The number of nitrogens with two attached hydrogens (primary N) is 2. The highest BCUT2D eigenvalue weighted by atomic mass is 32.2. The van der Waals surface area contributed by atoms with Gasteiger partial charge in [-0.3, -0.25) is 19.2 Å². The van der Waals surface area contributed by atoms with Crippen molar-refractivity contribution in [2.45, 2.75) is 83.0 Å². The molecule has 0 aliphatic carbocycles. The van der Waals surface area contributed by atoms with Crippen molar-refractivity contribution in [3.63, 3.8) is 0 Å². The van der Waals surface area contributed by atoms with Gasteiger partial charge < -0.3 is 32.3 Å². The Morgan fingerprint density at radius 1 is 0.792 bits per heavy atom. The second-order valence-electron chi connectivity index (χ2n) is 15.2. The molecule has 292 valence electrons. The molecule has 0 bridgehead atoms. The molecular formula is C38H58N8O6S. The van der Waals surface area contributed by atoms with Crippen molar-refractivity contribution >= 4 is 33.8 Å². The third-order valence-electron chi connectivity index (χ3n) is 10.0. The van der Waals surface area contributed by atoms with E-state index in [0.717, 1.165) is 11.1 Å². The van der Waals surface area contributed by atoms with Gasteiger partial charge >= 0.3 is 0 Å². The molecule has 2 heterocycles.